The van der Waals surface area contributed by atoms with Crippen LogP contribution in [0.2, 0.25) is 0 Å². The molecule has 10 heteroatoms. The molecule has 2 aromatic carbocycles. The van der Waals surface area contributed by atoms with Crippen molar-refractivity contribution in [3.8, 4) is 0 Å². The molecular formula is C15H13FN4O5. The highest BCUT2D eigenvalue weighted by molar-refractivity contribution is 5.84. The minimum absolute atomic E-state index is 0.103. The molecule has 1 atom stereocenters. The summed E-state index contributed by atoms with van der Waals surface area (Å²) in [6.07, 6.45) is 0.103. The summed E-state index contributed by atoms with van der Waals surface area (Å²) in [5, 5.41) is 24.4. The van der Waals surface area contributed by atoms with Gasteiger partial charge in [0.15, 0.2) is 0 Å². The first-order chi connectivity index (χ1) is 11.8. The van der Waals surface area contributed by atoms with E-state index in [1.165, 1.54) is 0 Å². The van der Waals surface area contributed by atoms with Gasteiger partial charge in [-0.2, -0.15) is 4.39 Å². The van der Waals surface area contributed by atoms with Gasteiger partial charge in [-0.15, -0.1) is 0 Å². The minimum atomic E-state index is -1.26. The smallest absolute Gasteiger partial charge is 0.311 e. The van der Waals surface area contributed by atoms with E-state index in [1.807, 2.05) is 0 Å². The Bertz CT molecular complexity index is 828. The Morgan fingerprint density at radius 2 is 1.72 bits per heavy atom. The number of hydrogen-bond donors (Lipinski definition) is 2. The van der Waals surface area contributed by atoms with Gasteiger partial charge < -0.3 is 11.1 Å². The highest BCUT2D eigenvalue weighted by Crippen LogP contribution is 2.32. The van der Waals surface area contributed by atoms with E-state index in [0.29, 0.717) is 12.1 Å². The minimum Gasteiger partial charge on any atom is -0.368 e. The molecule has 0 spiro atoms. The van der Waals surface area contributed by atoms with E-state index in [2.05, 4.69) is 5.32 Å². The van der Waals surface area contributed by atoms with Gasteiger partial charge in [-0.25, -0.2) is 0 Å². The number of benzene rings is 2. The summed E-state index contributed by atoms with van der Waals surface area (Å²) in [6.45, 7) is 0. The standard InChI is InChI=1S/C15H13FN4O5/c16-10-7-11(14(20(24)25)8-13(10)19(22)23)18-12(15(17)21)6-9-4-2-1-3-5-9/h1-5,7-8,12,18H,6H2,(H2,17,21)/t12-/m0/s1. The molecule has 0 aromatic heterocycles. The molecule has 0 saturated carbocycles. The fourth-order valence-corrected chi connectivity index (χ4v) is 2.22. The molecule has 130 valence electrons. The summed E-state index contributed by atoms with van der Waals surface area (Å²) >= 11 is 0. The van der Waals surface area contributed by atoms with E-state index in [0.717, 1.165) is 5.56 Å². The van der Waals surface area contributed by atoms with Crippen LogP contribution in [0.5, 0.6) is 0 Å². The maximum atomic E-state index is 13.8. The molecule has 9 nitrogen and oxygen atoms in total. The molecule has 0 aliphatic heterocycles. The Kier molecular flexibility index (Phi) is 5.22. The molecule has 0 fully saturated rings. The number of primary amides is 1. The lowest BCUT2D eigenvalue weighted by atomic mass is 10.0. The normalized spacial score (nSPS) is 11.6. The van der Waals surface area contributed by atoms with Crippen molar-refractivity contribution in [2.24, 2.45) is 5.73 Å². The van der Waals surface area contributed by atoms with Crippen LogP contribution in [-0.2, 0) is 11.2 Å². The van der Waals surface area contributed by atoms with Crippen LogP contribution in [0.15, 0.2) is 42.5 Å². The Labute approximate surface area is 140 Å². The lowest BCUT2D eigenvalue weighted by molar-refractivity contribution is -0.395. The summed E-state index contributed by atoms with van der Waals surface area (Å²) in [7, 11) is 0. The quantitative estimate of drug-likeness (QED) is 0.580. The summed E-state index contributed by atoms with van der Waals surface area (Å²) < 4.78 is 13.8. The zero-order chi connectivity index (χ0) is 18.6. The molecule has 0 aliphatic rings. The second-order valence-corrected chi connectivity index (χ2v) is 5.12. The zero-order valence-electron chi connectivity index (χ0n) is 12.7. The van der Waals surface area contributed by atoms with E-state index in [9.17, 15) is 29.4 Å². The van der Waals surface area contributed by atoms with Gasteiger partial charge in [-0.05, 0) is 5.56 Å². The fraction of sp³-hybridized carbons (Fsp3) is 0.133. The van der Waals surface area contributed by atoms with E-state index in [1.54, 1.807) is 30.3 Å². The predicted molar refractivity (Wildman–Crippen MR) is 86.5 cm³/mol. The first-order valence-electron chi connectivity index (χ1n) is 7.01. The predicted octanol–water partition coefficient (Wildman–Crippen LogP) is 2.15. The van der Waals surface area contributed by atoms with Crippen LogP contribution in [0, 0.1) is 26.0 Å². The van der Waals surface area contributed by atoms with Crippen LogP contribution < -0.4 is 11.1 Å². The molecule has 3 N–H and O–H groups in total. The van der Waals surface area contributed by atoms with Crippen molar-refractivity contribution >= 4 is 23.0 Å². The summed E-state index contributed by atoms with van der Waals surface area (Å²) in [5.41, 5.74) is 3.90. The van der Waals surface area contributed by atoms with Crippen LogP contribution in [0.3, 0.4) is 0 Å². The van der Waals surface area contributed by atoms with Gasteiger partial charge in [0.1, 0.15) is 11.7 Å². The number of amides is 1. The van der Waals surface area contributed by atoms with Crippen molar-refractivity contribution in [3.63, 3.8) is 0 Å². The van der Waals surface area contributed by atoms with Crippen LogP contribution in [0.1, 0.15) is 5.56 Å². The number of halogens is 1. The molecule has 2 aromatic rings. The number of nitrogens with two attached hydrogens (primary N) is 1. The lowest BCUT2D eigenvalue weighted by Crippen LogP contribution is -2.37. The zero-order valence-corrected chi connectivity index (χ0v) is 12.7. The summed E-state index contributed by atoms with van der Waals surface area (Å²) in [4.78, 5) is 31.5. The van der Waals surface area contributed by atoms with Crippen LogP contribution in [-0.4, -0.2) is 21.8 Å². The maximum absolute atomic E-state index is 13.8. The van der Waals surface area contributed by atoms with E-state index >= 15 is 0 Å². The van der Waals surface area contributed by atoms with Crippen molar-refractivity contribution in [1.29, 1.82) is 0 Å². The third kappa shape index (κ3) is 4.25. The number of hydrogen-bond acceptors (Lipinski definition) is 6. The Hall–Kier alpha value is -3.56. The molecule has 0 heterocycles. The number of nitrogens with zero attached hydrogens (tertiary/aromatic N) is 2. The van der Waals surface area contributed by atoms with Gasteiger partial charge in [-0.3, -0.25) is 25.0 Å². The first-order valence-corrected chi connectivity index (χ1v) is 7.01. The number of nitro benzene ring substituents is 2. The lowest BCUT2D eigenvalue weighted by Gasteiger charge is -2.17. The van der Waals surface area contributed by atoms with E-state index < -0.39 is 39.0 Å². The van der Waals surface area contributed by atoms with Crippen molar-refractivity contribution < 1.29 is 19.0 Å². The van der Waals surface area contributed by atoms with Crippen LogP contribution in [0.25, 0.3) is 0 Å². The highest BCUT2D eigenvalue weighted by atomic mass is 19.1. The van der Waals surface area contributed by atoms with Crippen molar-refractivity contribution in [2.45, 2.75) is 12.5 Å². The summed E-state index contributed by atoms with van der Waals surface area (Å²) in [5.74, 6) is -2.07. The Balaban J connectivity index is 2.38. The molecular weight excluding hydrogens is 335 g/mol. The van der Waals surface area contributed by atoms with Crippen molar-refractivity contribution in [3.05, 3.63) is 74.1 Å². The second-order valence-electron chi connectivity index (χ2n) is 5.12. The third-order valence-electron chi connectivity index (χ3n) is 3.41. The third-order valence-corrected chi connectivity index (χ3v) is 3.41. The van der Waals surface area contributed by atoms with Gasteiger partial charge in [0.2, 0.25) is 11.7 Å². The molecule has 0 unspecified atom stereocenters. The Morgan fingerprint density at radius 3 is 2.24 bits per heavy atom. The van der Waals surface area contributed by atoms with Crippen molar-refractivity contribution in [1.82, 2.24) is 0 Å². The molecule has 0 radical (unpaired) electrons. The molecule has 0 bridgehead atoms. The van der Waals surface area contributed by atoms with Gasteiger partial charge in [0.25, 0.3) is 5.69 Å². The molecule has 25 heavy (non-hydrogen) atoms. The van der Waals surface area contributed by atoms with Gasteiger partial charge in [0, 0.05) is 12.5 Å². The number of carbonyl (C=O) groups excluding carboxylic acids is 1. The monoisotopic (exact) mass is 348 g/mol. The number of carbonyl (C=O) groups is 1. The molecule has 2 rings (SSSR count). The molecule has 1 amide bonds. The summed E-state index contributed by atoms with van der Waals surface area (Å²) in [6, 6.07) is 8.73. The topological polar surface area (TPSA) is 141 Å². The number of nitro groups is 2. The van der Waals surface area contributed by atoms with Crippen molar-refractivity contribution in [2.75, 3.05) is 5.32 Å². The van der Waals surface area contributed by atoms with E-state index in [-0.39, 0.29) is 12.1 Å². The fourth-order valence-electron chi connectivity index (χ4n) is 2.22. The largest absolute Gasteiger partial charge is 0.368 e. The molecule has 0 saturated heterocycles. The number of anilines is 1. The maximum Gasteiger partial charge on any atom is 0.311 e. The number of rotatable bonds is 7. The SMILES string of the molecule is NC(=O)[C@H](Cc1ccccc1)Nc1cc(F)c([N+](=O)[O-])cc1[N+](=O)[O-]. The average molecular weight is 348 g/mol. The number of nitrogens with one attached hydrogen (secondary N) is 1. The van der Waals surface area contributed by atoms with Gasteiger partial charge >= 0.3 is 5.69 Å². The first kappa shape index (κ1) is 17.8. The van der Waals surface area contributed by atoms with Gasteiger partial charge in [0.05, 0.1) is 15.9 Å². The van der Waals surface area contributed by atoms with Crippen LogP contribution in [0.4, 0.5) is 21.5 Å². The second kappa shape index (κ2) is 7.34. The highest BCUT2D eigenvalue weighted by Gasteiger charge is 2.27. The van der Waals surface area contributed by atoms with Crippen LogP contribution >= 0.6 is 0 Å². The Morgan fingerprint density at radius 1 is 1.12 bits per heavy atom. The van der Waals surface area contributed by atoms with Gasteiger partial charge in [-0.1, -0.05) is 30.3 Å². The average Bonchev–Trinajstić information content (AvgIpc) is 2.54. The molecule has 0 aliphatic carbocycles. The van der Waals surface area contributed by atoms with E-state index in [4.69, 9.17) is 5.73 Å².